The molecule has 0 radical (unpaired) electrons. The lowest BCUT2D eigenvalue weighted by Gasteiger charge is -2.09. The molecule has 2 heterocycles. The largest absolute Gasteiger partial charge is 0.350 e. The summed E-state index contributed by atoms with van der Waals surface area (Å²) in [5.74, 6) is 0.0132. The van der Waals surface area contributed by atoms with Crippen molar-refractivity contribution in [1.82, 2.24) is 19.9 Å². The Morgan fingerprint density at radius 3 is 2.83 bits per heavy atom. The van der Waals surface area contributed by atoms with Crippen molar-refractivity contribution in [2.45, 2.75) is 6.54 Å². The maximum Gasteiger partial charge on any atom is 0.251 e. The Morgan fingerprint density at radius 1 is 1.13 bits per heavy atom. The number of rotatable bonds is 5. The van der Waals surface area contributed by atoms with Gasteiger partial charge in [-0.05, 0) is 30.3 Å². The Hall–Kier alpha value is -3.02. The van der Waals surface area contributed by atoms with E-state index in [-0.39, 0.29) is 5.91 Å². The van der Waals surface area contributed by atoms with Gasteiger partial charge >= 0.3 is 0 Å². The van der Waals surface area contributed by atoms with Crippen LogP contribution >= 0.6 is 0 Å². The van der Waals surface area contributed by atoms with Gasteiger partial charge in [-0.25, -0.2) is 9.37 Å². The summed E-state index contributed by atoms with van der Waals surface area (Å²) in [4.78, 5) is 20.5. The predicted molar refractivity (Wildman–Crippen MR) is 84.2 cm³/mol. The smallest absolute Gasteiger partial charge is 0.251 e. The number of aromatic nitrogens is 3. The number of amides is 1. The minimum atomic E-state index is -0.426. The fourth-order valence-electron chi connectivity index (χ4n) is 2.24. The minimum absolute atomic E-state index is 0.302. The van der Waals surface area contributed by atoms with Crippen molar-refractivity contribution in [3.05, 3.63) is 72.4 Å². The summed E-state index contributed by atoms with van der Waals surface area (Å²) in [5.41, 5.74) is 1.08. The average molecular weight is 310 g/mol. The quantitative estimate of drug-likeness (QED) is 0.788. The van der Waals surface area contributed by atoms with Crippen molar-refractivity contribution >= 4 is 5.91 Å². The molecule has 1 amide bonds. The fraction of sp³-hybridized carbons (Fsp3) is 0.118. The zero-order valence-electron chi connectivity index (χ0n) is 12.3. The zero-order chi connectivity index (χ0) is 16.1. The molecule has 0 spiro atoms. The molecule has 0 unspecified atom stereocenters. The van der Waals surface area contributed by atoms with Crippen LogP contribution in [0.15, 0.2) is 61.1 Å². The molecule has 6 heteroatoms. The maximum absolute atomic E-state index is 13.1. The molecule has 0 aliphatic carbocycles. The lowest BCUT2D eigenvalue weighted by molar-refractivity contribution is 0.0952. The van der Waals surface area contributed by atoms with Gasteiger partial charge in [0.25, 0.3) is 5.91 Å². The third kappa shape index (κ3) is 3.60. The molecule has 0 saturated heterocycles. The summed E-state index contributed by atoms with van der Waals surface area (Å²) in [6, 6.07) is 11.2. The van der Waals surface area contributed by atoms with E-state index < -0.39 is 5.82 Å². The minimum Gasteiger partial charge on any atom is -0.350 e. The molecular weight excluding hydrogens is 295 g/mol. The van der Waals surface area contributed by atoms with Gasteiger partial charge in [0, 0.05) is 37.2 Å². The van der Waals surface area contributed by atoms with Crippen molar-refractivity contribution in [1.29, 1.82) is 0 Å². The first-order valence-electron chi connectivity index (χ1n) is 7.20. The molecule has 3 rings (SSSR count). The second-order valence-corrected chi connectivity index (χ2v) is 4.93. The molecule has 116 valence electrons. The van der Waals surface area contributed by atoms with Crippen LogP contribution in [0.25, 0.3) is 11.5 Å². The van der Waals surface area contributed by atoms with Crippen LogP contribution in [0.4, 0.5) is 4.39 Å². The van der Waals surface area contributed by atoms with Crippen LogP contribution in [0.5, 0.6) is 0 Å². The Kier molecular flexibility index (Phi) is 4.42. The van der Waals surface area contributed by atoms with Crippen molar-refractivity contribution in [3.63, 3.8) is 0 Å². The Balaban J connectivity index is 1.62. The molecule has 1 N–H and O–H groups in total. The lowest BCUT2D eigenvalue weighted by atomic mass is 10.2. The SMILES string of the molecule is O=C(NCCn1ccnc1-c1ccccn1)c1cccc(F)c1. The molecule has 5 nitrogen and oxygen atoms in total. The normalized spacial score (nSPS) is 10.5. The molecule has 23 heavy (non-hydrogen) atoms. The first kappa shape index (κ1) is 14.9. The van der Waals surface area contributed by atoms with E-state index in [0.29, 0.717) is 18.7 Å². The summed E-state index contributed by atoms with van der Waals surface area (Å²) >= 11 is 0. The molecule has 0 fully saturated rings. The summed E-state index contributed by atoms with van der Waals surface area (Å²) in [6.45, 7) is 0.957. The molecular formula is C17H15FN4O. The number of hydrogen-bond donors (Lipinski definition) is 1. The van der Waals surface area contributed by atoms with Gasteiger partial charge in [-0.3, -0.25) is 9.78 Å². The van der Waals surface area contributed by atoms with Gasteiger partial charge in [0.05, 0.1) is 0 Å². The second kappa shape index (κ2) is 6.83. The second-order valence-electron chi connectivity index (χ2n) is 4.93. The van der Waals surface area contributed by atoms with Crippen LogP contribution in [0.2, 0.25) is 0 Å². The van der Waals surface area contributed by atoms with E-state index in [4.69, 9.17) is 0 Å². The first-order chi connectivity index (χ1) is 11.2. The summed E-state index contributed by atoms with van der Waals surface area (Å²) in [7, 11) is 0. The number of nitrogens with zero attached hydrogens (tertiary/aromatic N) is 3. The Labute approximate surface area is 132 Å². The van der Waals surface area contributed by atoms with Crippen LogP contribution in [-0.4, -0.2) is 27.0 Å². The topological polar surface area (TPSA) is 59.8 Å². The highest BCUT2D eigenvalue weighted by atomic mass is 19.1. The standard InChI is InChI=1S/C17H15FN4O/c18-14-5-3-4-13(12-14)17(23)21-9-11-22-10-8-20-16(22)15-6-1-2-7-19-15/h1-8,10,12H,9,11H2,(H,21,23). The van der Waals surface area contributed by atoms with Gasteiger partial charge in [-0.15, -0.1) is 0 Å². The monoisotopic (exact) mass is 310 g/mol. The molecule has 0 aliphatic heterocycles. The number of carbonyl (C=O) groups excluding carboxylic acids is 1. The van der Waals surface area contributed by atoms with Crippen molar-refractivity contribution in [2.75, 3.05) is 6.54 Å². The highest BCUT2D eigenvalue weighted by molar-refractivity contribution is 5.94. The van der Waals surface area contributed by atoms with E-state index in [9.17, 15) is 9.18 Å². The lowest BCUT2D eigenvalue weighted by Crippen LogP contribution is -2.27. The third-order valence-corrected chi connectivity index (χ3v) is 3.33. The maximum atomic E-state index is 13.1. The van der Waals surface area contributed by atoms with Crippen LogP contribution in [0, 0.1) is 5.82 Å². The van der Waals surface area contributed by atoms with Gasteiger partial charge in [0.15, 0.2) is 5.82 Å². The zero-order valence-corrected chi connectivity index (χ0v) is 12.3. The number of pyridine rings is 1. The molecule has 1 aromatic carbocycles. The third-order valence-electron chi connectivity index (χ3n) is 3.33. The van der Waals surface area contributed by atoms with Crippen LogP contribution in [0.1, 0.15) is 10.4 Å². The molecule has 0 atom stereocenters. The Morgan fingerprint density at radius 2 is 2.04 bits per heavy atom. The summed E-state index contributed by atoms with van der Waals surface area (Å²) in [6.07, 6.45) is 5.23. The molecule has 3 aromatic rings. The number of hydrogen-bond acceptors (Lipinski definition) is 3. The Bertz CT molecular complexity index is 801. The van der Waals surface area contributed by atoms with Crippen LogP contribution in [-0.2, 0) is 6.54 Å². The van der Waals surface area contributed by atoms with Crippen molar-refractivity contribution < 1.29 is 9.18 Å². The van der Waals surface area contributed by atoms with Crippen LogP contribution in [0.3, 0.4) is 0 Å². The number of benzene rings is 1. The van der Waals surface area contributed by atoms with E-state index >= 15 is 0 Å². The number of imidazole rings is 1. The van der Waals surface area contributed by atoms with E-state index in [1.54, 1.807) is 18.5 Å². The van der Waals surface area contributed by atoms with E-state index in [2.05, 4.69) is 15.3 Å². The van der Waals surface area contributed by atoms with Gasteiger partial charge in [-0.2, -0.15) is 0 Å². The van der Waals surface area contributed by atoms with Gasteiger partial charge in [0.1, 0.15) is 11.5 Å². The van der Waals surface area contributed by atoms with Gasteiger partial charge in [-0.1, -0.05) is 12.1 Å². The number of carbonyl (C=O) groups is 1. The van der Waals surface area contributed by atoms with Gasteiger partial charge in [0.2, 0.25) is 0 Å². The number of nitrogens with one attached hydrogen (secondary N) is 1. The molecule has 2 aromatic heterocycles. The summed E-state index contributed by atoms with van der Waals surface area (Å²) < 4.78 is 15.0. The highest BCUT2D eigenvalue weighted by Crippen LogP contribution is 2.13. The van der Waals surface area contributed by atoms with E-state index in [0.717, 1.165) is 11.5 Å². The van der Waals surface area contributed by atoms with E-state index in [1.165, 1.54) is 18.2 Å². The molecule has 0 aliphatic rings. The molecule has 0 saturated carbocycles. The van der Waals surface area contributed by atoms with Gasteiger partial charge < -0.3 is 9.88 Å². The summed E-state index contributed by atoms with van der Waals surface area (Å²) in [5, 5.41) is 2.77. The molecule has 0 bridgehead atoms. The average Bonchev–Trinajstić information content (AvgIpc) is 3.04. The van der Waals surface area contributed by atoms with Crippen molar-refractivity contribution in [2.24, 2.45) is 0 Å². The first-order valence-corrected chi connectivity index (χ1v) is 7.20. The highest BCUT2D eigenvalue weighted by Gasteiger charge is 2.08. The van der Waals surface area contributed by atoms with Crippen molar-refractivity contribution in [3.8, 4) is 11.5 Å². The fourth-order valence-corrected chi connectivity index (χ4v) is 2.24. The van der Waals surface area contributed by atoms with Crippen LogP contribution < -0.4 is 5.32 Å². The number of halogens is 1. The predicted octanol–water partition coefficient (Wildman–Crippen LogP) is 2.51. The van der Waals surface area contributed by atoms with E-state index in [1.807, 2.05) is 29.0 Å².